The summed E-state index contributed by atoms with van der Waals surface area (Å²) >= 11 is 1.50. The van der Waals surface area contributed by atoms with Crippen molar-refractivity contribution >= 4 is 29.5 Å². The van der Waals surface area contributed by atoms with Crippen LogP contribution in [0.25, 0.3) is 0 Å². The Morgan fingerprint density at radius 3 is 2.55 bits per heavy atom. The van der Waals surface area contributed by atoms with Crippen LogP contribution in [0.3, 0.4) is 0 Å². The molecule has 3 N–H and O–H groups in total. The molecule has 1 aliphatic rings. The van der Waals surface area contributed by atoms with Crippen LogP contribution < -0.4 is 11.1 Å². The molecular weight excluding hydrogens is 278 g/mol. The Morgan fingerprint density at radius 2 is 2.00 bits per heavy atom. The predicted octanol–water partition coefficient (Wildman–Crippen LogP) is -0.0654. The lowest BCUT2D eigenvalue weighted by Crippen LogP contribution is -2.37. The van der Waals surface area contributed by atoms with Gasteiger partial charge in [-0.2, -0.15) is 0 Å². The van der Waals surface area contributed by atoms with Gasteiger partial charge in [0, 0.05) is 12.1 Å². The number of hydrogen-bond donors (Lipinski definition) is 2. The number of rotatable bonds is 5. The van der Waals surface area contributed by atoms with Gasteiger partial charge in [0.25, 0.3) is 0 Å². The van der Waals surface area contributed by atoms with E-state index in [1.54, 1.807) is 24.3 Å². The van der Waals surface area contributed by atoms with Gasteiger partial charge < -0.3 is 16.0 Å². The highest BCUT2D eigenvalue weighted by Crippen LogP contribution is 2.13. The van der Waals surface area contributed by atoms with E-state index >= 15 is 0 Å². The molecule has 0 saturated carbocycles. The first kappa shape index (κ1) is 14.4. The van der Waals surface area contributed by atoms with Crippen molar-refractivity contribution in [2.45, 2.75) is 6.54 Å². The minimum absolute atomic E-state index is 0.00374. The van der Waals surface area contributed by atoms with E-state index in [2.05, 4.69) is 5.32 Å². The Labute approximate surface area is 120 Å². The largest absolute Gasteiger partial charge is 0.366 e. The standard InChI is InChI=1S/C13H15N3O3S/c14-13(19)10-3-1-9(2-4-10)5-15-11(17)6-16-8-20-7-12(16)18/h1-4H,5-8H2,(H2,14,19)(H,15,17). The van der Waals surface area contributed by atoms with E-state index in [4.69, 9.17) is 5.73 Å². The maximum Gasteiger partial charge on any atom is 0.248 e. The van der Waals surface area contributed by atoms with Crippen molar-refractivity contribution in [3.8, 4) is 0 Å². The van der Waals surface area contributed by atoms with Crippen molar-refractivity contribution in [1.29, 1.82) is 0 Å². The second-order valence-corrected chi connectivity index (χ2v) is 5.36. The number of carbonyl (C=O) groups is 3. The summed E-state index contributed by atoms with van der Waals surface area (Å²) in [5.74, 6) is 0.336. The third kappa shape index (κ3) is 3.74. The average Bonchev–Trinajstić information content (AvgIpc) is 2.82. The molecule has 7 heteroatoms. The van der Waals surface area contributed by atoms with Crippen LogP contribution in [0.1, 0.15) is 15.9 Å². The van der Waals surface area contributed by atoms with E-state index in [1.807, 2.05) is 0 Å². The van der Waals surface area contributed by atoms with Crippen LogP contribution in [0.5, 0.6) is 0 Å². The van der Waals surface area contributed by atoms with Crippen molar-refractivity contribution in [1.82, 2.24) is 10.2 Å². The van der Waals surface area contributed by atoms with Crippen molar-refractivity contribution in [3.63, 3.8) is 0 Å². The maximum atomic E-state index is 11.7. The van der Waals surface area contributed by atoms with Gasteiger partial charge in [0.1, 0.15) is 6.54 Å². The van der Waals surface area contributed by atoms with E-state index in [9.17, 15) is 14.4 Å². The first-order valence-electron chi connectivity index (χ1n) is 6.07. The number of thioether (sulfide) groups is 1. The van der Waals surface area contributed by atoms with Crippen molar-refractivity contribution in [2.75, 3.05) is 18.2 Å². The molecular formula is C13H15N3O3S. The molecule has 1 fully saturated rings. The minimum Gasteiger partial charge on any atom is -0.366 e. The summed E-state index contributed by atoms with van der Waals surface area (Å²) in [6.07, 6.45) is 0. The maximum absolute atomic E-state index is 11.7. The molecule has 1 aromatic carbocycles. The molecule has 1 aromatic rings. The molecule has 20 heavy (non-hydrogen) atoms. The summed E-state index contributed by atoms with van der Waals surface area (Å²) in [7, 11) is 0. The second-order valence-electron chi connectivity index (χ2n) is 4.41. The quantitative estimate of drug-likeness (QED) is 0.795. The molecule has 1 saturated heterocycles. The van der Waals surface area contributed by atoms with Crippen molar-refractivity contribution < 1.29 is 14.4 Å². The highest BCUT2D eigenvalue weighted by Gasteiger charge is 2.22. The Bertz CT molecular complexity index is 530. The number of primary amides is 1. The molecule has 2 rings (SSSR count). The van der Waals surface area contributed by atoms with Crippen molar-refractivity contribution in [2.24, 2.45) is 5.73 Å². The first-order valence-corrected chi connectivity index (χ1v) is 7.22. The van der Waals surface area contributed by atoms with Crippen LogP contribution in [0.4, 0.5) is 0 Å². The van der Waals surface area contributed by atoms with Crippen LogP contribution >= 0.6 is 11.8 Å². The molecule has 1 heterocycles. The van der Waals surface area contributed by atoms with Crippen LogP contribution in [0.15, 0.2) is 24.3 Å². The number of nitrogens with zero attached hydrogens (tertiary/aromatic N) is 1. The second kappa shape index (κ2) is 6.42. The fraction of sp³-hybridized carbons (Fsp3) is 0.308. The summed E-state index contributed by atoms with van der Waals surface area (Å²) in [5, 5.41) is 2.74. The molecule has 6 nitrogen and oxygen atoms in total. The third-order valence-electron chi connectivity index (χ3n) is 2.89. The van der Waals surface area contributed by atoms with Crippen LogP contribution in [-0.2, 0) is 16.1 Å². The summed E-state index contributed by atoms with van der Waals surface area (Å²) < 4.78 is 0. The van der Waals surface area contributed by atoms with Gasteiger partial charge in [0.15, 0.2) is 0 Å². The Balaban J connectivity index is 1.81. The molecule has 0 unspecified atom stereocenters. The minimum atomic E-state index is -0.481. The fourth-order valence-corrected chi connectivity index (χ4v) is 2.66. The smallest absolute Gasteiger partial charge is 0.248 e. The van der Waals surface area contributed by atoms with Gasteiger partial charge in [0.05, 0.1) is 11.6 Å². The molecule has 0 bridgehead atoms. The van der Waals surface area contributed by atoms with E-state index in [0.29, 0.717) is 23.7 Å². The molecule has 0 spiro atoms. The van der Waals surface area contributed by atoms with Crippen LogP contribution in [0.2, 0.25) is 0 Å². The number of amides is 3. The summed E-state index contributed by atoms with van der Waals surface area (Å²) in [4.78, 5) is 35.5. The van der Waals surface area contributed by atoms with Gasteiger partial charge >= 0.3 is 0 Å². The lowest BCUT2D eigenvalue weighted by molar-refractivity contribution is -0.132. The highest BCUT2D eigenvalue weighted by atomic mass is 32.2. The molecule has 106 valence electrons. The topological polar surface area (TPSA) is 92.5 Å². The molecule has 3 amide bonds. The third-order valence-corrected chi connectivity index (χ3v) is 3.83. The van der Waals surface area contributed by atoms with Gasteiger partial charge in [-0.25, -0.2) is 0 Å². The van der Waals surface area contributed by atoms with Gasteiger partial charge in [-0.15, -0.1) is 11.8 Å². The number of nitrogens with one attached hydrogen (secondary N) is 1. The Hall–Kier alpha value is -2.02. The monoisotopic (exact) mass is 293 g/mol. The van der Waals surface area contributed by atoms with E-state index < -0.39 is 5.91 Å². The van der Waals surface area contributed by atoms with E-state index in [-0.39, 0.29) is 18.4 Å². The van der Waals surface area contributed by atoms with Crippen molar-refractivity contribution in [3.05, 3.63) is 35.4 Å². The molecule has 0 aliphatic carbocycles. The van der Waals surface area contributed by atoms with Gasteiger partial charge in [-0.05, 0) is 17.7 Å². The van der Waals surface area contributed by atoms with Crippen LogP contribution in [-0.4, -0.2) is 40.8 Å². The number of benzene rings is 1. The molecule has 0 aromatic heterocycles. The number of hydrogen-bond acceptors (Lipinski definition) is 4. The molecule has 0 atom stereocenters. The normalized spacial score (nSPS) is 14.4. The fourth-order valence-electron chi connectivity index (χ4n) is 1.76. The predicted molar refractivity (Wildman–Crippen MR) is 75.8 cm³/mol. The molecule has 1 aliphatic heterocycles. The number of carbonyl (C=O) groups excluding carboxylic acids is 3. The lowest BCUT2D eigenvalue weighted by atomic mass is 10.1. The zero-order chi connectivity index (χ0) is 14.5. The van der Waals surface area contributed by atoms with Gasteiger partial charge in [0.2, 0.25) is 17.7 Å². The SMILES string of the molecule is NC(=O)c1ccc(CNC(=O)CN2CSCC2=O)cc1. The molecule has 0 radical (unpaired) electrons. The van der Waals surface area contributed by atoms with Crippen LogP contribution in [0, 0.1) is 0 Å². The van der Waals surface area contributed by atoms with Gasteiger partial charge in [-0.1, -0.05) is 12.1 Å². The zero-order valence-electron chi connectivity index (χ0n) is 10.8. The summed E-state index contributed by atoms with van der Waals surface area (Å²) in [5.41, 5.74) is 6.44. The zero-order valence-corrected chi connectivity index (χ0v) is 11.6. The summed E-state index contributed by atoms with van der Waals surface area (Å²) in [6, 6.07) is 6.70. The lowest BCUT2D eigenvalue weighted by Gasteiger charge is -2.14. The average molecular weight is 293 g/mol. The Kier molecular flexibility index (Phi) is 4.62. The summed E-state index contributed by atoms with van der Waals surface area (Å²) in [6.45, 7) is 0.443. The Morgan fingerprint density at radius 1 is 1.30 bits per heavy atom. The number of nitrogens with two attached hydrogens (primary N) is 1. The van der Waals surface area contributed by atoms with E-state index in [0.717, 1.165) is 5.56 Å². The first-order chi connectivity index (χ1) is 9.56. The van der Waals surface area contributed by atoms with E-state index in [1.165, 1.54) is 16.7 Å². The van der Waals surface area contributed by atoms with Gasteiger partial charge in [-0.3, -0.25) is 14.4 Å². The highest BCUT2D eigenvalue weighted by molar-refractivity contribution is 8.00.